The van der Waals surface area contributed by atoms with E-state index in [-0.39, 0.29) is 16.1 Å². The number of aromatic carboxylic acids is 1. The van der Waals surface area contributed by atoms with E-state index in [0.29, 0.717) is 5.56 Å². The summed E-state index contributed by atoms with van der Waals surface area (Å²) in [7, 11) is 0. The molecule has 0 saturated heterocycles. The quantitative estimate of drug-likeness (QED) is 0.862. The van der Waals surface area contributed by atoms with Crippen molar-refractivity contribution >= 4 is 23.4 Å². The van der Waals surface area contributed by atoms with Crippen molar-refractivity contribution < 1.29 is 14.7 Å². The molecule has 0 amide bonds. The van der Waals surface area contributed by atoms with Crippen molar-refractivity contribution in [1.82, 2.24) is 0 Å². The third-order valence-electron chi connectivity index (χ3n) is 2.51. The molecular formula is C14H9ClO3. The van der Waals surface area contributed by atoms with Crippen molar-refractivity contribution in [2.24, 2.45) is 0 Å². The molecule has 0 aliphatic carbocycles. The summed E-state index contributed by atoms with van der Waals surface area (Å²) in [5.41, 5.74) is 0.349. The van der Waals surface area contributed by atoms with E-state index in [2.05, 4.69) is 0 Å². The van der Waals surface area contributed by atoms with Crippen LogP contribution in [0.4, 0.5) is 0 Å². The van der Waals surface area contributed by atoms with Gasteiger partial charge in [0.1, 0.15) is 0 Å². The fraction of sp³-hybridized carbons (Fsp3) is 0. The van der Waals surface area contributed by atoms with Crippen molar-refractivity contribution in [2.75, 3.05) is 0 Å². The molecule has 0 atom stereocenters. The average molecular weight is 261 g/mol. The Morgan fingerprint density at radius 2 is 1.61 bits per heavy atom. The first-order valence-electron chi connectivity index (χ1n) is 5.23. The van der Waals surface area contributed by atoms with Crippen LogP contribution >= 0.6 is 11.6 Å². The molecule has 18 heavy (non-hydrogen) atoms. The number of hydrogen-bond donors (Lipinski definition) is 1. The van der Waals surface area contributed by atoms with Crippen LogP contribution in [0.15, 0.2) is 48.5 Å². The molecule has 3 nitrogen and oxygen atoms in total. The Morgan fingerprint density at radius 1 is 0.944 bits per heavy atom. The predicted molar refractivity (Wildman–Crippen MR) is 68.3 cm³/mol. The number of ketones is 1. The van der Waals surface area contributed by atoms with Gasteiger partial charge in [-0.1, -0.05) is 48.0 Å². The molecule has 0 spiro atoms. The molecule has 90 valence electrons. The molecule has 1 N–H and O–H groups in total. The van der Waals surface area contributed by atoms with Crippen molar-refractivity contribution in [1.29, 1.82) is 0 Å². The minimum absolute atomic E-state index is 0.0258. The highest BCUT2D eigenvalue weighted by Crippen LogP contribution is 2.23. The standard InChI is InChI=1S/C14H9ClO3/c15-11-8-4-7-10(14(17)18)12(11)13(16)9-5-2-1-3-6-9/h1-8H,(H,17,18). The summed E-state index contributed by atoms with van der Waals surface area (Å²) in [6.45, 7) is 0. The third kappa shape index (κ3) is 2.26. The molecule has 2 aromatic rings. The lowest BCUT2D eigenvalue weighted by Gasteiger charge is -2.07. The second-order valence-corrected chi connectivity index (χ2v) is 4.07. The average Bonchev–Trinajstić information content (AvgIpc) is 2.38. The molecule has 0 saturated carbocycles. The highest BCUT2D eigenvalue weighted by Gasteiger charge is 2.20. The summed E-state index contributed by atoms with van der Waals surface area (Å²) in [6.07, 6.45) is 0. The van der Waals surface area contributed by atoms with Gasteiger partial charge in [0.25, 0.3) is 0 Å². The summed E-state index contributed by atoms with van der Waals surface area (Å²) in [5.74, 6) is -1.56. The second-order valence-electron chi connectivity index (χ2n) is 3.66. The first-order chi connectivity index (χ1) is 8.61. The zero-order valence-electron chi connectivity index (χ0n) is 9.26. The van der Waals surface area contributed by atoms with Gasteiger partial charge in [-0.25, -0.2) is 4.79 Å². The minimum atomic E-state index is -1.17. The lowest BCUT2D eigenvalue weighted by Crippen LogP contribution is -2.10. The summed E-state index contributed by atoms with van der Waals surface area (Å²) >= 11 is 5.93. The van der Waals surface area contributed by atoms with Gasteiger partial charge in [-0.2, -0.15) is 0 Å². The van der Waals surface area contributed by atoms with Crippen molar-refractivity contribution in [3.05, 3.63) is 70.2 Å². The van der Waals surface area contributed by atoms with Crippen LogP contribution in [0.5, 0.6) is 0 Å². The molecular weight excluding hydrogens is 252 g/mol. The molecule has 2 aromatic carbocycles. The summed E-state index contributed by atoms with van der Waals surface area (Å²) in [4.78, 5) is 23.3. The van der Waals surface area contributed by atoms with E-state index in [0.717, 1.165) is 0 Å². The number of halogens is 1. The highest BCUT2D eigenvalue weighted by atomic mass is 35.5. The Hall–Kier alpha value is -2.13. The monoisotopic (exact) mass is 260 g/mol. The summed E-state index contributed by atoms with van der Waals surface area (Å²) in [6, 6.07) is 12.8. The fourth-order valence-corrected chi connectivity index (χ4v) is 1.93. The fourth-order valence-electron chi connectivity index (χ4n) is 1.67. The number of carbonyl (C=O) groups excluding carboxylic acids is 1. The van der Waals surface area contributed by atoms with Crippen molar-refractivity contribution in [3.63, 3.8) is 0 Å². The van der Waals surface area contributed by atoms with E-state index in [4.69, 9.17) is 16.7 Å². The van der Waals surface area contributed by atoms with Gasteiger partial charge in [-0.05, 0) is 12.1 Å². The van der Waals surface area contributed by atoms with Crippen LogP contribution < -0.4 is 0 Å². The SMILES string of the molecule is O=C(O)c1cccc(Cl)c1C(=O)c1ccccc1. The Bertz CT molecular complexity index is 606. The second kappa shape index (κ2) is 5.02. The zero-order valence-corrected chi connectivity index (χ0v) is 10.0. The van der Waals surface area contributed by atoms with Gasteiger partial charge >= 0.3 is 5.97 Å². The van der Waals surface area contributed by atoms with Crippen LogP contribution in [0.2, 0.25) is 5.02 Å². The Morgan fingerprint density at radius 3 is 2.22 bits per heavy atom. The number of hydrogen-bond acceptors (Lipinski definition) is 2. The summed E-state index contributed by atoms with van der Waals surface area (Å²) < 4.78 is 0. The first-order valence-corrected chi connectivity index (χ1v) is 5.60. The first kappa shape index (κ1) is 12.3. The van der Waals surface area contributed by atoms with Gasteiger partial charge in [0.05, 0.1) is 16.1 Å². The maximum absolute atomic E-state index is 12.2. The number of carbonyl (C=O) groups is 2. The van der Waals surface area contributed by atoms with E-state index in [1.807, 2.05) is 0 Å². The lowest BCUT2D eigenvalue weighted by molar-refractivity contribution is 0.0693. The van der Waals surface area contributed by atoms with E-state index in [9.17, 15) is 9.59 Å². The number of carboxylic acid groups (broad SMARTS) is 1. The molecule has 0 aromatic heterocycles. The minimum Gasteiger partial charge on any atom is -0.478 e. The predicted octanol–water partition coefficient (Wildman–Crippen LogP) is 3.27. The molecule has 4 heteroatoms. The van der Waals surface area contributed by atoms with Crippen LogP contribution in [0.1, 0.15) is 26.3 Å². The van der Waals surface area contributed by atoms with E-state index in [1.54, 1.807) is 30.3 Å². The molecule has 0 aliphatic rings. The maximum Gasteiger partial charge on any atom is 0.336 e. The Balaban J connectivity index is 2.58. The smallest absolute Gasteiger partial charge is 0.336 e. The van der Waals surface area contributed by atoms with Gasteiger partial charge in [0.2, 0.25) is 0 Å². The van der Waals surface area contributed by atoms with E-state index in [1.165, 1.54) is 18.2 Å². The third-order valence-corrected chi connectivity index (χ3v) is 2.82. The van der Waals surface area contributed by atoms with Crippen LogP contribution in [0.25, 0.3) is 0 Å². The van der Waals surface area contributed by atoms with Crippen LogP contribution in [0.3, 0.4) is 0 Å². The number of rotatable bonds is 3. The molecule has 0 radical (unpaired) electrons. The Kier molecular flexibility index (Phi) is 3.44. The lowest BCUT2D eigenvalue weighted by atomic mass is 9.98. The molecule has 0 bridgehead atoms. The highest BCUT2D eigenvalue weighted by molar-refractivity contribution is 6.36. The number of benzene rings is 2. The normalized spacial score (nSPS) is 10.1. The van der Waals surface area contributed by atoms with E-state index >= 15 is 0 Å². The molecule has 0 fully saturated rings. The molecule has 0 unspecified atom stereocenters. The Labute approximate surface area is 109 Å². The van der Waals surface area contributed by atoms with Gasteiger partial charge in [0, 0.05) is 5.56 Å². The van der Waals surface area contributed by atoms with Gasteiger partial charge in [-0.15, -0.1) is 0 Å². The van der Waals surface area contributed by atoms with Crippen LogP contribution in [-0.2, 0) is 0 Å². The van der Waals surface area contributed by atoms with Crippen LogP contribution in [0, 0.1) is 0 Å². The van der Waals surface area contributed by atoms with E-state index < -0.39 is 11.8 Å². The maximum atomic E-state index is 12.2. The zero-order chi connectivity index (χ0) is 13.1. The van der Waals surface area contributed by atoms with Gasteiger partial charge < -0.3 is 5.11 Å². The molecule has 0 heterocycles. The van der Waals surface area contributed by atoms with Gasteiger partial charge in [-0.3, -0.25) is 4.79 Å². The van der Waals surface area contributed by atoms with Crippen molar-refractivity contribution in [3.8, 4) is 0 Å². The van der Waals surface area contributed by atoms with Crippen LogP contribution in [-0.4, -0.2) is 16.9 Å². The number of carboxylic acids is 1. The molecule has 0 aliphatic heterocycles. The van der Waals surface area contributed by atoms with Crippen molar-refractivity contribution in [2.45, 2.75) is 0 Å². The topological polar surface area (TPSA) is 54.4 Å². The summed E-state index contributed by atoms with van der Waals surface area (Å²) in [5, 5.41) is 9.22. The largest absolute Gasteiger partial charge is 0.478 e. The van der Waals surface area contributed by atoms with Gasteiger partial charge in [0.15, 0.2) is 5.78 Å². The molecule has 2 rings (SSSR count).